The van der Waals surface area contributed by atoms with Gasteiger partial charge < -0.3 is 15.1 Å². The summed E-state index contributed by atoms with van der Waals surface area (Å²) in [4.78, 5) is 10.5. The number of carbonyl (C=O) groups is 1. The summed E-state index contributed by atoms with van der Waals surface area (Å²) in [5, 5.41) is 5.83. The van der Waals surface area contributed by atoms with Crippen LogP contribution in [0, 0.1) is 0 Å². The van der Waals surface area contributed by atoms with Crippen LogP contribution >= 0.6 is 0 Å². The molecule has 0 spiro atoms. The van der Waals surface area contributed by atoms with Gasteiger partial charge in [0.1, 0.15) is 5.76 Å². The topological polar surface area (TPSA) is 54.3 Å². The molecule has 1 amide bonds. The van der Waals surface area contributed by atoms with Crippen LogP contribution < -0.4 is 10.6 Å². The first-order valence-electron chi connectivity index (χ1n) is 4.26. The second-order valence-electron chi connectivity index (χ2n) is 2.74. The van der Waals surface area contributed by atoms with E-state index in [9.17, 15) is 4.79 Å². The molecule has 0 radical (unpaired) electrons. The standard InChI is InChI=1S/C9H14N2O2/c1-8(12)11-5-4-10-7-9-3-2-6-13-9/h2-3,6,10H,4-5,7H2,1H3,(H,11,12). The average molecular weight is 182 g/mol. The Morgan fingerprint density at radius 1 is 1.54 bits per heavy atom. The minimum absolute atomic E-state index is 0.000186. The third-order valence-corrected chi connectivity index (χ3v) is 1.56. The number of hydrogen-bond acceptors (Lipinski definition) is 3. The molecule has 4 nitrogen and oxygen atoms in total. The molecule has 1 aromatic rings. The van der Waals surface area contributed by atoms with E-state index in [1.54, 1.807) is 6.26 Å². The van der Waals surface area contributed by atoms with E-state index in [1.165, 1.54) is 6.92 Å². The van der Waals surface area contributed by atoms with E-state index in [1.807, 2.05) is 12.1 Å². The van der Waals surface area contributed by atoms with Crippen molar-refractivity contribution in [3.8, 4) is 0 Å². The maximum Gasteiger partial charge on any atom is 0.216 e. The quantitative estimate of drug-likeness (QED) is 0.652. The van der Waals surface area contributed by atoms with Gasteiger partial charge in [0.25, 0.3) is 0 Å². The van der Waals surface area contributed by atoms with Crippen molar-refractivity contribution >= 4 is 5.91 Å². The molecule has 1 rings (SSSR count). The fourth-order valence-electron chi connectivity index (χ4n) is 0.952. The van der Waals surface area contributed by atoms with E-state index in [0.717, 1.165) is 12.3 Å². The summed E-state index contributed by atoms with van der Waals surface area (Å²) >= 11 is 0. The van der Waals surface area contributed by atoms with Crippen molar-refractivity contribution in [1.29, 1.82) is 0 Å². The fraction of sp³-hybridized carbons (Fsp3) is 0.444. The van der Waals surface area contributed by atoms with Crippen molar-refractivity contribution in [3.05, 3.63) is 24.2 Å². The molecule has 0 aliphatic heterocycles. The zero-order valence-corrected chi connectivity index (χ0v) is 7.67. The predicted octanol–water partition coefficient (Wildman–Crippen LogP) is 0.505. The molecule has 0 unspecified atom stereocenters. The van der Waals surface area contributed by atoms with Crippen molar-refractivity contribution < 1.29 is 9.21 Å². The molecule has 0 saturated heterocycles. The van der Waals surface area contributed by atoms with Gasteiger partial charge in [0.05, 0.1) is 12.8 Å². The lowest BCUT2D eigenvalue weighted by Gasteiger charge is -2.02. The molecule has 2 N–H and O–H groups in total. The van der Waals surface area contributed by atoms with Crippen molar-refractivity contribution in [1.82, 2.24) is 10.6 Å². The molecule has 0 aliphatic carbocycles. The van der Waals surface area contributed by atoms with E-state index in [0.29, 0.717) is 13.1 Å². The average Bonchev–Trinajstić information content (AvgIpc) is 2.55. The molecule has 0 bridgehead atoms. The first-order chi connectivity index (χ1) is 6.29. The van der Waals surface area contributed by atoms with E-state index < -0.39 is 0 Å². The highest BCUT2D eigenvalue weighted by Crippen LogP contribution is 1.97. The lowest BCUT2D eigenvalue weighted by atomic mass is 10.4. The van der Waals surface area contributed by atoms with Crippen LogP contribution in [0.2, 0.25) is 0 Å². The van der Waals surface area contributed by atoms with E-state index in [2.05, 4.69) is 10.6 Å². The summed E-state index contributed by atoms with van der Waals surface area (Å²) in [6.07, 6.45) is 1.64. The Bertz CT molecular complexity index is 244. The van der Waals surface area contributed by atoms with Crippen LogP contribution in [0.15, 0.2) is 22.8 Å². The monoisotopic (exact) mass is 182 g/mol. The zero-order chi connectivity index (χ0) is 9.52. The molecule has 0 aromatic carbocycles. The summed E-state index contributed by atoms with van der Waals surface area (Å²) in [7, 11) is 0. The molecule has 72 valence electrons. The number of carbonyl (C=O) groups excluding carboxylic acids is 1. The Labute approximate surface area is 77.3 Å². The van der Waals surface area contributed by atoms with Gasteiger partial charge in [-0.2, -0.15) is 0 Å². The molecule has 1 heterocycles. The van der Waals surface area contributed by atoms with Gasteiger partial charge in [-0.25, -0.2) is 0 Å². The zero-order valence-electron chi connectivity index (χ0n) is 7.67. The van der Waals surface area contributed by atoms with Gasteiger partial charge in [-0.3, -0.25) is 4.79 Å². The molecule has 1 aromatic heterocycles. The van der Waals surface area contributed by atoms with Crippen LogP contribution in [-0.2, 0) is 11.3 Å². The van der Waals surface area contributed by atoms with Crippen LogP contribution in [0.25, 0.3) is 0 Å². The number of nitrogens with one attached hydrogen (secondary N) is 2. The molecular weight excluding hydrogens is 168 g/mol. The molecule has 0 atom stereocenters. The van der Waals surface area contributed by atoms with Gasteiger partial charge in [-0.1, -0.05) is 0 Å². The van der Waals surface area contributed by atoms with Crippen molar-refractivity contribution in [3.63, 3.8) is 0 Å². The second-order valence-corrected chi connectivity index (χ2v) is 2.74. The van der Waals surface area contributed by atoms with Gasteiger partial charge in [-0.05, 0) is 12.1 Å². The predicted molar refractivity (Wildman–Crippen MR) is 49.1 cm³/mol. The van der Waals surface area contributed by atoms with Crippen molar-refractivity contribution in [2.75, 3.05) is 13.1 Å². The second kappa shape index (κ2) is 5.37. The van der Waals surface area contributed by atoms with Gasteiger partial charge >= 0.3 is 0 Å². The van der Waals surface area contributed by atoms with Crippen LogP contribution in [0.4, 0.5) is 0 Å². The molecule has 0 saturated carbocycles. The Hall–Kier alpha value is -1.29. The van der Waals surface area contributed by atoms with E-state index >= 15 is 0 Å². The Balaban J connectivity index is 1.99. The van der Waals surface area contributed by atoms with Crippen molar-refractivity contribution in [2.45, 2.75) is 13.5 Å². The minimum atomic E-state index is -0.000186. The van der Waals surface area contributed by atoms with Crippen LogP contribution in [0.5, 0.6) is 0 Å². The largest absolute Gasteiger partial charge is 0.468 e. The van der Waals surface area contributed by atoms with Crippen LogP contribution in [0.3, 0.4) is 0 Å². The number of amides is 1. The maximum atomic E-state index is 10.5. The summed E-state index contributed by atoms with van der Waals surface area (Å²) in [5.41, 5.74) is 0. The lowest BCUT2D eigenvalue weighted by molar-refractivity contribution is -0.118. The van der Waals surface area contributed by atoms with E-state index in [-0.39, 0.29) is 5.91 Å². The third-order valence-electron chi connectivity index (χ3n) is 1.56. The van der Waals surface area contributed by atoms with E-state index in [4.69, 9.17) is 4.42 Å². The van der Waals surface area contributed by atoms with Gasteiger partial charge in [0, 0.05) is 20.0 Å². The number of rotatable bonds is 5. The Kier molecular flexibility index (Phi) is 4.05. The molecule has 4 heteroatoms. The smallest absolute Gasteiger partial charge is 0.216 e. The van der Waals surface area contributed by atoms with Gasteiger partial charge in [0.15, 0.2) is 0 Å². The summed E-state index contributed by atoms with van der Waals surface area (Å²) in [6.45, 7) is 3.61. The molecule has 0 aliphatic rings. The van der Waals surface area contributed by atoms with Gasteiger partial charge in [-0.15, -0.1) is 0 Å². The Morgan fingerprint density at radius 2 is 2.38 bits per heavy atom. The van der Waals surface area contributed by atoms with Crippen LogP contribution in [-0.4, -0.2) is 19.0 Å². The SMILES string of the molecule is CC(=O)NCCNCc1ccco1. The van der Waals surface area contributed by atoms with Crippen molar-refractivity contribution in [2.24, 2.45) is 0 Å². The van der Waals surface area contributed by atoms with Crippen LogP contribution in [0.1, 0.15) is 12.7 Å². The summed E-state index contributed by atoms with van der Waals surface area (Å²) in [6, 6.07) is 3.76. The minimum Gasteiger partial charge on any atom is -0.468 e. The third kappa shape index (κ3) is 4.32. The summed E-state index contributed by atoms with van der Waals surface area (Å²) < 4.78 is 5.11. The first-order valence-corrected chi connectivity index (χ1v) is 4.26. The highest BCUT2D eigenvalue weighted by Gasteiger charge is 1.94. The number of furan rings is 1. The highest BCUT2D eigenvalue weighted by atomic mass is 16.3. The normalized spacial score (nSPS) is 9.92. The first kappa shape index (κ1) is 9.80. The molecule has 0 fully saturated rings. The maximum absolute atomic E-state index is 10.5. The lowest BCUT2D eigenvalue weighted by Crippen LogP contribution is -2.29. The fourth-order valence-corrected chi connectivity index (χ4v) is 0.952. The summed E-state index contributed by atoms with van der Waals surface area (Å²) in [5.74, 6) is 0.905. The molecule has 13 heavy (non-hydrogen) atoms. The van der Waals surface area contributed by atoms with Gasteiger partial charge in [0.2, 0.25) is 5.91 Å². The Morgan fingerprint density at radius 3 is 3.00 bits per heavy atom. The highest BCUT2D eigenvalue weighted by molar-refractivity contribution is 5.72. The number of hydrogen-bond donors (Lipinski definition) is 2. The molecular formula is C9H14N2O2.